The van der Waals surface area contributed by atoms with Crippen LogP contribution in [-0.2, 0) is 9.47 Å². The van der Waals surface area contributed by atoms with Crippen LogP contribution < -0.4 is 0 Å². The molecule has 0 aromatic heterocycles. The summed E-state index contributed by atoms with van der Waals surface area (Å²) in [5.41, 5.74) is 18.5. The summed E-state index contributed by atoms with van der Waals surface area (Å²) in [4.78, 5) is 29.5. The Morgan fingerprint density at radius 1 is 0.703 bits per heavy atom. The van der Waals surface area contributed by atoms with E-state index < -0.39 is 11.9 Å². The maximum atomic E-state index is 12.1. The first kappa shape index (κ1) is 33.0. The topological polar surface area (TPSA) is 150 Å². The maximum Gasteiger partial charge on any atom is 0.338 e. The van der Waals surface area contributed by atoms with Crippen LogP contribution in [0.1, 0.15) is 61.3 Å². The van der Waals surface area contributed by atoms with Crippen LogP contribution >= 0.6 is 0 Å². The Balaban J connectivity index is 0.00000308. The van der Waals surface area contributed by atoms with Crippen molar-refractivity contribution in [2.45, 2.75) is 40.5 Å². The predicted octanol–water partition coefficient (Wildman–Crippen LogP) is 7.49. The average Bonchev–Trinajstić information content (AvgIpc) is 2.92. The molecule has 0 radical (unpaired) electrons. The van der Waals surface area contributed by atoms with E-state index >= 15 is 0 Å². The van der Waals surface area contributed by atoms with Gasteiger partial charge in [-0.3, -0.25) is 0 Å². The second-order valence-corrected chi connectivity index (χ2v) is 7.83. The van der Waals surface area contributed by atoms with Crippen LogP contribution in [0, 0.1) is 0 Å². The molecule has 11 heteroatoms. The van der Waals surface area contributed by atoms with E-state index in [1.54, 1.807) is 48.5 Å². The van der Waals surface area contributed by atoms with Gasteiger partial charge < -0.3 is 14.0 Å². The molecule has 200 valence electrons. The van der Waals surface area contributed by atoms with Gasteiger partial charge in [0.2, 0.25) is 0 Å². The molecule has 0 aliphatic carbocycles. The van der Waals surface area contributed by atoms with Crippen LogP contribution in [0.2, 0.25) is 0 Å². The van der Waals surface area contributed by atoms with E-state index in [0.29, 0.717) is 53.0 Å². The first-order valence-corrected chi connectivity index (χ1v) is 12.3. The van der Waals surface area contributed by atoms with Crippen molar-refractivity contribution in [3.63, 3.8) is 0 Å². The third-order valence-electron chi connectivity index (χ3n) is 4.81. The molecule has 0 saturated carbocycles. The van der Waals surface area contributed by atoms with Crippen LogP contribution in [0.5, 0.6) is 0 Å². The quantitative estimate of drug-likeness (QED) is 0.0722. The Morgan fingerprint density at radius 3 is 1.32 bits per heavy atom. The van der Waals surface area contributed by atoms with Crippen molar-refractivity contribution in [3.05, 3.63) is 80.5 Å². The zero-order chi connectivity index (χ0) is 28.1. The predicted molar refractivity (Wildman–Crippen MR) is 145 cm³/mol. The minimum Gasteiger partial charge on any atom is -0.462 e. The number of rotatable bonds is 12. The van der Waals surface area contributed by atoms with Crippen LogP contribution in [-0.4, -0.2) is 56.8 Å². The molecule has 0 aliphatic heterocycles. The lowest BCUT2D eigenvalue weighted by Gasteiger charge is -2.29. The Bertz CT molecular complexity index is 958. The Hall–Kier alpha value is -4.04. The molecule has 0 atom stereocenters. The zero-order valence-electron chi connectivity index (χ0n) is 22.6. The standard InChI is InChI=1S/C22H26N7O4.2C2H6/c1-29(2,13-3-15-32-21(30)17-5-9-19(10-6-17)25-27-23)14-4-16-33-22(31)18-7-11-20(12-8-18)26-28-24;2*1-2/h5-12H,3-4,13-16H2,1-2H3;2*1-2H3/q+1;;. The molecule has 2 aromatic rings. The van der Waals surface area contributed by atoms with Crippen LogP contribution in [0.3, 0.4) is 0 Å². The number of carbonyl (C=O) groups is 2. The van der Waals surface area contributed by atoms with Gasteiger partial charge in [0.05, 0.1) is 51.5 Å². The van der Waals surface area contributed by atoms with Crippen LogP contribution in [0.4, 0.5) is 11.4 Å². The number of carbonyl (C=O) groups excluding carboxylic acids is 2. The van der Waals surface area contributed by atoms with Crippen LogP contribution in [0.25, 0.3) is 20.9 Å². The van der Waals surface area contributed by atoms with Gasteiger partial charge in [-0.25, -0.2) is 9.59 Å². The number of benzene rings is 2. The van der Waals surface area contributed by atoms with Gasteiger partial charge in [0.25, 0.3) is 0 Å². The number of hydrogen-bond acceptors (Lipinski definition) is 6. The van der Waals surface area contributed by atoms with Gasteiger partial charge >= 0.3 is 11.9 Å². The first-order valence-electron chi connectivity index (χ1n) is 12.3. The van der Waals surface area contributed by atoms with Crippen molar-refractivity contribution in [2.75, 3.05) is 40.4 Å². The molecule has 0 aliphatic rings. The zero-order valence-corrected chi connectivity index (χ0v) is 22.6. The number of azide groups is 2. The van der Waals surface area contributed by atoms with Crippen molar-refractivity contribution >= 4 is 23.3 Å². The fourth-order valence-corrected chi connectivity index (χ4v) is 3.03. The van der Waals surface area contributed by atoms with Gasteiger partial charge in [-0.2, -0.15) is 0 Å². The molecule has 0 spiro atoms. The molecular weight excluding hydrogens is 474 g/mol. The van der Waals surface area contributed by atoms with Gasteiger partial charge in [-0.1, -0.05) is 62.2 Å². The molecule has 37 heavy (non-hydrogen) atoms. The summed E-state index contributed by atoms with van der Waals surface area (Å²) in [6.07, 6.45) is 1.37. The number of nitrogens with zero attached hydrogens (tertiary/aromatic N) is 7. The van der Waals surface area contributed by atoms with Crippen molar-refractivity contribution in [1.29, 1.82) is 0 Å². The van der Waals surface area contributed by atoms with Crippen molar-refractivity contribution in [3.8, 4) is 0 Å². The normalized spacial score (nSPS) is 9.68. The van der Waals surface area contributed by atoms with Gasteiger partial charge in [0.15, 0.2) is 0 Å². The lowest BCUT2D eigenvalue weighted by Crippen LogP contribution is -2.42. The highest BCUT2D eigenvalue weighted by atomic mass is 16.5. The van der Waals surface area contributed by atoms with Crippen molar-refractivity contribution < 1.29 is 23.5 Å². The average molecular weight is 513 g/mol. The van der Waals surface area contributed by atoms with E-state index in [4.69, 9.17) is 20.5 Å². The van der Waals surface area contributed by atoms with Crippen molar-refractivity contribution in [1.82, 2.24) is 0 Å². The van der Waals surface area contributed by atoms with Gasteiger partial charge in [0, 0.05) is 34.0 Å². The highest BCUT2D eigenvalue weighted by Crippen LogP contribution is 2.15. The maximum absolute atomic E-state index is 12.1. The highest BCUT2D eigenvalue weighted by Gasteiger charge is 2.16. The molecule has 2 rings (SSSR count). The van der Waals surface area contributed by atoms with Crippen LogP contribution in [0.15, 0.2) is 58.8 Å². The minimum absolute atomic E-state index is 0.291. The SMILES string of the molecule is CC.CC.C[N+](C)(CCCOC(=O)c1ccc(N=[N+]=[N-])cc1)CCCOC(=O)c1ccc(N=[N+]=[N-])cc1. The van der Waals surface area contributed by atoms with E-state index in [1.807, 2.05) is 27.7 Å². The van der Waals surface area contributed by atoms with E-state index in [2.05, 4.69) is 34.1 Å². The van der Waals surface area contributed by atoms with Gasteiger partial charge in [0.1, 0.15) is 0 Å². The van der Waals surface area contributed by atoms with E-state index in [1.165, 1.54) is 0 Å². The second-order valence-electron chi connectivity index (χ2n) is 7.83. The summed E-state index contributed by atoms with van der Waals surface area (Å²) in [7, 11) is 4.12. The summed E-state index contributed by atoms with van der Waals surface area (Å²) in [6, 6.07) is 12.5. The molecule has 0 unspecified atom stereocenters. The first-order chi connectivity index (χ1) is 17.8. The summed E-state index contributed by atoms with van der Waals surface area (Å²) in [5.74, 6) is -0.848. The van der Waals surface area contributed by atoms with E-state index in [9.17, 15) is 9.59 Å². The second kappa shape index (κ2) is 19.2. The third kappa shape index (κ3) is 13.6. The molecule has 11 nitrogen and oxygen atoms in total. The Morgan fingerprint density at radius 2 is 1.03 bits per heavy atom. The monoisotopic (exact) mass is 512 g/mol. The molecule has 0 fully saturated rings. The molecule has 0 amide bonds. The largest absolute Gasteiger partial charge is 0.462 e. The lowest BCUT2D eigenvalue weighted by atomic mass is 10.2. The fraction of sp³-hybridized carbons (Fsp3) is 0.462. The summed E-state index contributed by atoms with van der Waals surface area (Å²) in [5, 5.41) is 6.92. The smallest absolute Gasteiger partial charge is 0.338 e. The molecule has 0 N–H and O–H groups in total. The third-order valence-corrected chi connectivity index (χ3v) is 4.81. The number of hydrogen-bond donors (Lipinski definition) is 0. The molecule has 0 saturated heterocycles. The van der Waals surface area contributed by atoms with Gasteiger partial charge in [-0.05, 0) is 35.3 Å². The summed E-state index contributed by atoms with van der Waals surface area (Å²) in [6.45, 7) is 10.2. The highest BCUT2D eigenvalue weighted by molar-refractivity contribution is 5.90. The van der Waals surface area contributed by atoms with E-state index in [0.717, 1.165) is 13.1 Å². The Labute approximate surface area is 218 Å². The molecule has 0 bridgehead atoms. The van der Waals surface area contributed by atoms with E-state index in [-0.39, 0.29) is 0 Å². The molecule has 0 heterocycles. The Kier molecular flexibility index (Phi) is 17.1. The fourth-order valence-electron chi connectivity index (χ4n) is 3.03. The lowest BCUT2D eigenvalue weighted by molar-refractivity contribution is -0.890. The minimum atomic E-state index is -0.424. The number of quaternary nitrogens is 1. The summed E-state index contributed by atoms with van der Waals surface area (Å²) >= 11 is 0. The molecular formula is C26H38N7O4+. The molecule has 2 aromatic carbocycles. The van der Waals surface area contributed by atoms with Crippen molar-refractivity contribution in [2.24, 2.45) is 10.2 Å². The number of esters is 2. The van der Waals surface area contributed by atoms with Gasteiger partial charge in [-0.15, -0.1) is 0 Å². The number of ether oxygens (including phenoxy) is 2. The summed E-state index contributed by atoms with van der Waals surface area (Å²) < 4.78 is 11.3.